The van der Waals surface area contributed by atoms with Crippen molar-refractivity contribution in [2.24, 2.45) is 12.0 Å². The molecule has 0 saturated carbocycles. The normalized spacial score (nSPS) is 11.7. The Hall–Kier alpha value is -2.03. The number of hydrogen-bond donors (Lipinski definition) is 3. The third-order valence-corrected chi connectivity index (χ3v) is 4.23. The van der Waals surface area contributed by atoms with E-state index in [9.17, 15) is 0 Å². The van der Waals surface area contributed by atoms with Gasteiger partial charge in [0.05, 0.1) is 11.6 Å². The topological polar surface area (TPSA) is 92.1 Å². The molecule has 0 amide bonds. The first-order chi connectivity index (χ1) is 11.8. The van der Waals surface area contributed by atoms with Crippen molar-refractivity contribution in [3.05, 3.63) is 12.5 Å². The van der Waals surface area contributed by atoms with Crippen LogP contribution in [-0.4, -0.2) is 64.4 Å². The van der Waals surface area contributed by atoms with Gasteiger partial charge < -0.3 is 16.0 Å². The van der Waals surface area contributed by atoms with Crippen molar-refractivity contribution in [3.8, 4) is 0 Å². The Kier molecular flexibility index (Phi) is 7.60. The van der Waals surface area contributed by atoms with Crippen LogP contribution in [0.25, 0.3) is 11.0 Å². The predicted octanol–water partition coefficient (Wildman–Crippen LogP) is 1.08. The highest BCUT2D eigenvalue weighted by atomic mass is 32.2. The van der Waals surface area contributed by atoms with Gasteiger partial charge in [-0.25, -0.2) is 9.97 Å². The summed E-state index contributed by atoms with van der Waals surface area (Å²) in [6.07, 6.45) is 7.84. The van der Waals surface area contributed by atoms with Gasteiger partial charge in [-0.1, -0.05) is 0 Å². The number of nitrogens with one attached hydrogen (secondary N) is 3. The summed E-state index contributed by atoms with van der Waals surface area (Å²) < 4.78 is 1.74. The second-order valence-electron chi connectivity index (χ2n) is 5.28. The number of anilines is 1. The Morgan fingerprint density at radius 2 is 2.04 bits per heavy atom. The number of aromatic nitrogens is 4. The molecule has 0 aliphatic carbocycles. The molecular formula is C15H26N8S. The van der Waals surface area contributed by atoms with E-state index in [-0.39, 0.29) is 0 Å². The van der Waals surface area contributed by atoms with Crippen LogP contribution in [0.4, 0.5) is 5.82 Å². The maximum absolute atomic E-state index is 4.28. The zero-order valence-corrected chi connectivity index (χ0v) is 15.4. The minimum Gasteiger partial charge on any atom is -0.368 e. The molecule has 0 aliphatic heterocycles. The van der Waals surface area contributed by atoms with Crippen molar-refractivity contribution in [2.75, 3.05) is 44.0 Å². The second kappa shape index (κ2) is 9.96. The van der Waals surface area contributed by atoms with Crippen LogP contribution >= 0.6 is 11.8 Å². The van der Waals surface area contributed by atoms with Crippen LogP contribution in [0.2, 0.25) is 0 Å². The second-order valence-corrected chi connectivity index (χ2v) is 6.27. The van der Waals surface area contributed by atoms with Gasteiger partial charge in [-0.2, -0.15) is 16.9 Å². The number of aryl methyl sites for hydroxylation is 1. The summed E-state index contributed by atoms with van der Waals surface area (Å²) in [6.45, 7) is 2.42. The predicted molar refractivity (Wildman–Crippen MR) is 102 cm³/mol. The third-order valence-electron chi connectivity index (χ3n) is 3.53. The summed E-state index contributed by atoms with van der Waals surface area (Å²) in [5.74, 6) is 2.84. The summed E-state index contributed by atoms with van der Waals surface area (Å²) >= 11 is 1.88. The smallest absolute Gasteiger partial charge is 0.191 e. The van der Waals surface area contributed by atoms with Gasteiger partial charge in [0.1, 0.15) is 12.1 Å². The first-order valence-corrected chi connectivity index (χ1v) is 9.45. The lowest BCUT2D eigenvalue weighted by Gasteiger charge is -2.12. The fourth-order valence-electron chi connectivity index (χ4n) is 2.26. The Labute approximate surface area is 146 Å². The number of hydrogen-bond acceptors (Lipinski definition) is 6. The number of guanidine groups is 1. The van der Waals surface area contributed by atoms with Crippen molar-refractivity contribution in [2.45, 2.75) is 12.8 Å². The van der Waals surface area contributed by atoms with Gasteiger partial charge in [0.25, 0.3) is 0 Å². The molecule has 8 nitrogen and oxygen atoms in total. The zero-order chi connectivity index (χ0) is 17.2. The SMILES string of the molecule is CN=C(NCCCCSC)NCCNc1ncnc2c1cnn2C. The van der Waals surface area contributed by atoms with Gasteiger partial charge in [-0.15, -0.1) is 0 Å². The van der Waals surface area contributed by atoms with Crippen molar-refractivity contribution in [1.82, 2.24) is 30.4 Å². The number of rotatable bonds is 9. The van der Waals surface area contributed by atoms with Crippen LogP contribution in [0.3, 0.4) is 0 Å². The van der Waals surface area contributed by atoms with Gasteiger partial charge in [-0.3, -0.25) is 9.67 Å². The van der Waals surface area contributed by atoms with Crippen LogP contribution in [0, 0.1) is 0 Å². The van der Waals surface area contributed by atoms with E-state index < -0.39 is 0 Å². The molecular weight excluding hydrogens is 324 g/mol. The highest BCUT2D eigenvalue weighted by Crippen LogP contribution is 2.16. The van der Waals surface area contributed by atoms with E-state index in [4.69, 9.17) is 0 Å². The van der Waals surface area contributed by atoms with E-state index >= 15 is 0 Å². The van der Waals surface area contributed by atoms with Gasteiger partial charge in [-0.05, 0) is 24.9 Å². The van der Waals surface area contributed by atoms with Crippen LogP contribution in [0.15, 0.2) is 17.5 Å². The monoisotopic (exact) mass is 350 g/mol. The lowest BCUT2D eigenvalue weighted by atomic mass is 10.3. The zero-order valence-electron chi connectivity index (χ0n) is 14.5. The maximum Gasteiger partial charge on any atom is 0.191 e. The molecule has 132 valence electrons. The van der Waals surface area contributed by atoms with Crippen molar-refractivity contribution in [3.63, 3.8) is 0 Å². The van der Waals surface area contributed by atoms with E-state index in [2.05, 4.69) is 42.3 Å². The molecule has 0 spiro atoms. The number of aliphatic imine (C=N–C) groups is 1. The minimum absolute atomic E-state index is 0.730. The fraction of sp³-hybridized carbons (Fsp3) is 0.600. The van der Waals surface area contributed by atoms with Crippen molar-refractivity contribution >= 4 is 34.6 Å². The summed E-state index contributed by atoms with van der Waals surface area (Å²) in [4.78, 5) is 12.7. The van der Waals surface area contributed by atoms with Gasteiger partial charge in [0, 0.05) is 33.7 Å². The van der Waals surface area contributed by atoms with Crippen LogP contribution < -0.4 is 16.0 Å². The molecule has 0 radical (unpaired) electrons. The molecule has 0 aromatic carbocycles. The van der Waals surface area contributed by atoms with E-state index in [1.54, 1.807) is 24.3 Å². The Balaban J connectivity index is 1.71. The van der Waals surface area contributed by atoms with Crippen LogP contribution in [0.1, 0.15) is 12.8 Å². The van der Waals surface area contributed by atoms with Crippen molar-refractivity contribution in [1.29, 1.82) is 0 Å². The molecule has 2 rings (SSSR count). The highest BCUT2D eigenvalue weighted by molar-refractivity contribution is 7.98. The lowest BCUT2D eigenvalue weighted by Crippen LogP contribution is -2.40. The molecule has 3 N–H and O–H groups in total. The number of fused-ring (bicyclic) bond motifs is 1. The number of unbranched alkanes of at least 4 members (excludes halogenated alkanes) is 1. The van der Waals surface area contributed by atoms with Gasteiger partial charge >= 0.3 is 0 Å². The molecule has 24 heavy (non-hydrogen) atoms. The fourth-order valence-corrected chi connectivity index (χ4v) is 2.76. The quantitative estimate of drug-likeness (QED) is 0.354. The Bertz CT molecular complexity index is 654. The van der Waals surface area contributed by atoms with Gasteiger partial charge in [0.15, 0.2) is 11.6 Å². The maximum atomic E-state index is 4.28. The third kappa shape index (κ3) is 5.26. The van der Waals surface area contributed by atoms with E-state index in [0.29, 0.717) is 0 Å². The summed E-state index contributed by atoms with van der Waals surface area (Å²) in [6, 6.07) is 0. The Morgan fingerprint density at radius 3 is 2.83 bits per heavy atom. The molecule has 0 aliphatic rings. The molecule has 0 atom stereocenters. The molecule has 0 saturated heterocycles. The van der Waals surface area contributed by atoms with Crippen LogP contribution in [0.5, 0.6) is 0 Å². The standard InChI is InChI=1S/C15H26N8S/c1-16-15(18-6-4-5-9-24-3)19-8-7-17-13-12-10-22-23(2)14(12)21-11-20-13/h10-11H,4-9H2,1-3H3,(H2,16,18,19)(H,17,20,21). The molecule has 2 heterocycles. The Morgan fingerprint density at radius 1 is 1.21 bits per heavy atom. The first kappa shape index (κ1) is 18.3. The molecule has 0 bridgehead atoms. The summed E-state index contributed by atoms with van der Waals surface area (Å²) in [5, 5.41) is 15.1. The van der Waals surface area contributed by atoms with Crippen LogP contribution in [-0.2, 0) is 7.05 Å². The number of thioether (sulfide) groups is 1. The van der Waals surface area contributed by atoms with Crippen molar-refractivity contribution < 1.29 is 0 Å². The summed E-state index contributed by atoms with van der Waals surface area (Å²) in [7, 11) is 3.66. The van der Waals surface area contributed by atoms with E-state index in [0.717, 1.165) is 48.9 Å². The average Bonchev–Trinajstić information content (AvgIpc) is 2.98. The minimum atomic E-state index is 0.730. The molecule has 0 unspecified atom stereocenters. The molecule has 2 aromatic heterocycles. The van der Waals surface area contributed by atoms with E-state index in [1.165, 1.54) is 12.2 Å². The summed E-state index contributed by atoms with van der Waals surface area (Å²) in [5.41, 5.74) is 0.822. The molecule has 2 aromatic rings. The van der Waals surface area contributed by atoms with E-state index in [1.807, 2.05) is 18.8 Å². The highest BCUT2D eigenvalue weighted by Gasteiger charge is 2.06. The largest absolute Gasteiger partial charge is 0.368 e. The molecule has 0 fully saturated rings. The van der Waals surface area contributed by atoms with Gasteiger partial charge in [0.2, 0.25) is 0 Å². The first-order valence-electron chi connectivity index (χ1n) is 8.06. The number of nitrogens with zero attached hydrogens (tertiary/aromatic N) is 5. The lowest BCUT2D eigenvalue weighted by molar-refractivity contribution is 0.735. The molecule has 9 heteroatoms. The average molecular weight is 350 g/mol.